The maximum Gasteiger partial charge on any atom is 0.407 e. The van der Waals surface area contributed by atoms with Gasteiger partial charge in [-0.05, 0) is 18.9 Å². The molecule has 0 unspecified atom stereocenters. The monoisotopic (exact) mass is 321 g/mol. The van der Waals surface area contributed by atoms with Crippen molar-refractivity contribution in [1.29, 1.82) is 0 Å². The molecule has 0 aromatic heterocycles. The molecule has 0 spiro atoms. The largest absolute Gasteiger partial charge is 0.445 e. The Morgan fingerprint density at radius 3 is 2.48 bits per heavy atom. The zero-order chi connectivity index (χ0) is 17.1. The van der Waals surface area contributed by atoms with Crippen molar-refractivity contribution in [2.45, 2.75) is 32.9 Å². The molecule has 1 aromatic rings. The molecule has 1 rings (SSSR count). The number of ether oxygens (including phenoxy) is 1. The van der Waals surface area contributed by atoms with E-state index >= 15 is 0 Å². The zero-order valence-electron chi connectivity index (χ0n) is 13.4. The summed E-state index contributed by atoms with van der Waals surface area (Å²) < 4.78 is 4.97. The Balaban J connectivity index is 2.22. The minimum atomic E-state index is -0.688. The molecule has 3 N–H and O–H groups in total. The van der Waals surface area contributed by atoms with Gasteiger partial charge in [-0.15, -0.1) is 0 Å². The third-order valence-electron chi connectivity index (χ3n) is 2.93. The van der Waals surface area contributed by atoms with Crippen molar-refractivity contribution in [3.63, 3.8) is 0 Å². The van der Waals surface area contributed by atoms with Gasteiger partial charge in [0.1, 0.15) is 19.2 Å². The van der Waals surface area contributed by atoms with Crippen molar-refractivity contribution in [3.8, 4) is 0 Å². The predicted octanol–water partition coefficient (Wildman–Crippen LogP) is 0.944. The molecule has 0 bridgehead atoms. The molecule has 7 nitrogen and oxygen atoms in total. The van der Waals surface area contributed by atoms with Crippen LogP contribution in [0.1, 0.15) is 25.8 Å². The number of rotatable bonds is 8. The first kappa shape index (κ1) is 18.5. The fourth-order valence-electron chi connectivity index (χ4n) is 1.69. The van der Waals surface area contributed by atoms with E-state index in [0.29, 0.717) is 6.54 Å². The van der Waals surface area contributed by atoms with E-state index in [1.807, 2.05) is 37.3 Å². The van der Waals surface area contributed by atoms with Crippen molar-refractivity contribution in [3.05, 3.63) is 35.9 Å². The molecule has 3 amide bonds. The number of amides is 3. The molecule has 0 aliphatic rings. The highest BCUT2D eigenvalue weighted by molar-refractivity contribution is 5.89. The number of carbonyl (C=O) groups excluding carboxylic acids is 3. The summed E-state index contributed by atoms with van der Waals surface area (Å²) >= 11 is 0. The van der Waals surface area contributed by atoms with E-state index in [-0.39, 0.29) is 19.1 Å². The van der Waals surface area contributed by atoms with Crippen LogP contribution in [0.4, 0.5) is 4.79 Å². The zero-order valence-corrected chi connectivity index (χ0v) is 13.4. The molecule has 1 aromatic carbocycles. The fraction of sp³-hybridized carbons (Fsp3) is 0.438. The van der Waals surface area contributed by atoms with Crippen LogP contribution in [0.5, 0.6) is 0 Å². The quantitative estimate of drug-likeness (QED) is 0.664. The van der Waals surface area contributed by atoms with Gasteiger partial charge in [-0.1, -0.05) is 37.3 Å². The molecular weight excluding hydrogens is 298 g/mol. The minimum absolute atomic E-state index is 0.129. The molecule has 1 atom stereocenters. The second-order valence-corrected chi connectivity index (χ2v) is 5.00. The van der Waals surface area contributed by atoms with Crippen LogP contribution in [-0.4, -0.2) is 37.0 Å². The van der Waals surface area contributed by atoms with Gasteiger partial charge in [-0.2, -0.15) is 0 Å². The fourth-order valence-corrected chi connectivity index (χ4v) is 1.69. The van der Waals surface area contributed by atoms with Crippen LogP contribution in [0.15, 0.2) is 30.3 Å². The summed E-state index contributed by atoms with van der Waals surface area (Å²) in [5.74, 6) is -0.715. The van der Waals surface area contributed by atoms with Gasteiger partial charge in [0, 0.05) is 6.54 Å². The number of hydrogen-bond donors (Lipinski definition) is 3. The standard InChI is InChI=1S/C16H23N3O4/c1-3-9-17-15(21)12(2)19-14(20)10-18-16(22)23-11-13-7-5-4-6-8-13/h4-8,12H,3,9-11H2,1-2H3,(H,17,21)(H,18,22)(H,19,20)/t12-/m1/s1. The lowest BCUT2D eigenvalue weighted by Gasteiger charge is -2.14. The number of hydrogen-bond acceptors (Lipinski definition) is 4. The second kappa shape index (κ2) is 10.2. The SMILES string of the molecule is CCCNC(=O)[C@@H](C)NC(=O)CNC(=O)OCc1ccccc1. The highest BCUT2D eigenvalue weighted by Gasteiger charge is 2.15. The molecule has 7 heteroatoms. The van der Waals surface area contributed by atoms with Crippen molar-refractivity contribution < 1.29 is 19.1 Å². The number of alkyl carbamates (subject to hydrolysis) is 1. The van der Waals surface area contributed by atoms with Gasteiger partial charge >= 0.3 is 6.09 Å². The van der Waals surface area contributed by atoms with Crippen LogP contribution in [0, 0.1) is 0 Å². The first-order chi connectivity index (χ1) is 11.0. The lowest BCUT2D eigenvalue weighted by molar-refractivity contribution is -0.128. The van der Waals surface area contributed by atoms with Crippen molar-refractivity contribution in [1.82, 2.24) is 16.0 Å². The highest BCUT2D eigenvalue weighted by atomic mass is 16.5. The van der Waals surface area contributed by atoms with Crippen LogP contribution in [0.25, 0.3) is 0 Å². The minimum Gasteiger partial charge on any atom is -0.445 e. The van der Waals surface area contributed by atoms with Gasteiger partial charge in [-0.3, -0.25) is 9.59 Å². The van der Waals surface area contributed by atoms with Gasteiger partial charge in [0.15, 0.2) is 0 Å². The summed E-state index contributed by atoms with van der Waals surface area (Å²) in [5.41, 5.74) is 0.855. The number of carbonyl (C=O) groups is 3. The van der Waals surface area contributed by atoms with E-state index in [2.05, 4.69) is 16.0 Å². The molecule has 23 heavy (non-hydrogen) atoms. The molecular formula is C16H23N3O4. The van der Waals surface area contributed by atoms with Crippen molar-refractivity contribution >= 4 is 17.9 Å². The van der Waals surface area contributed by atoms with E-state index < -0.39 is 18.0 Å². The molecule has 0 saturated heterocycles. The third kappa shape index (κ3) is 7.85. The lowest BCUT2D eigenvalue weighted by atomic mass is 10.2. The average molecular weight is 321 g/mol. The van der Waals surface area contributed by atoms with E-state index in [1.54, 1.807) is 6.92 Å². The van der Waals surface area contributed by atoms with E-state index in [4.69, 9.17) is 4.74 Å². The summed E-state index contributed by atoms with van der Waals surface area (Å²) in [7, 11) is 0. The topological polar surface area (TPSA) is 96.5 Å². The smallest absolute Gasteiger partial charge is 0.407 e. The maximum absolute atomic E-state index is 11.6. The molecule has 0 radical (unpaired) electrons. The normalized spacial score (nSPS) is 11.2. The van der Waals surface area contributed by atoms with E-state index in [1.165, 1.54) is 0 Å². The summed E-state index contributed by atoms with van der Waals surface area (Å²) in [6.45, 7) is 3.96. The van der Waals surface area contributed by atoms with Gasteiger partial charge in [-0.25, -0.2) is 4.79 Å². The van der Waals surface area contributed by atoms with Crippen molar-refractivity contribution in [2.24, 2.45) is 0 Å². The Morgan fingerprint density at radius 2 is 1.83 bits per heavy atom. The van der Waals surface area contributed by atoms with Crippen LogP contribution in [0.2, 0.25) is 0 Å². The summed E-state index contributed by atoms with van der Waals surface area (Å²) in [6, 6.07) is 8.55. The summed E-state index contributed by atoms with van der Waals surface area (Å²) in [5, 5.41) is 7.51. The Bertz CT molecular complexity index is 519. The average Bonchev–Trinajstić information content (AvgIpc) is 2.56. The lowest BCUT2D eigenvalue weighted by Crippen LogP contribution is -2.48. The van der Waals surface area contributed by atoms with Gasteiger partial charge in [0.05, 0.1) is 0 Å². The van der Waals surface area contributed by atoms with E-state index in [9.17, 15) is 14.4 Å². The molecule has 0 aliphatic carbocycles. The molecule has 0 heterocycles. The van der Waals surface area contributed by atoms with Crippen LogP contribution >= 0.6 is 0 Å². The Hall–Kier alpha value is -2.57. The van der Waals surface area contributed by atoms with Crippen molar-refractivity contribution in [2.75, 3.05) is 13.1 Å². The van der Waals surface area contributed by atoms with Crippen LogP contribution in [-0.2, 0) is 20.9 Å². The predicted molar refractivity (Wildman–Crippen MR) is 85.5 cm³/mol. The number of benzene rings is 1. The Kier molecular flexibility index (Phi) is 8.20. The maximum atomic E-state index is 11.6. The summed E-state index contributed by atoms with van der Waals surface area (Å²) in [6.07, 6.45) is 0.133. The molecule has 126 valence electrons. The third-order valence-corrected chi connectivity index (χ3v) is 2.93. The Labute approximate surface area is 135 Å². The second-order valence-electron chi connectivity index (χ2n) is 5.00. The highest BCUT2D eigenvalue weighted by Crippen LogP contribution is 2.00. The first-order valence-electron chi connectivity index (χ1n) is 7.54. The molecule has 0 fully saturated rings. The molecule has 0 saturated carbocycles. The van der Waals surface area contributed by atoms with Crippen LogP contribution < -0.4 is 16.0 Å². The van der Waals surface area contributed by atoms with Gasteiger partial charge in [0.2, 0.25) is 11.8 Å². The van der Waals surface area contributed by atoms with Gasteiger partial charge < -0.3 is 20.7 Å². The van der Waals surface area contributed by atoms with E-state index in [0.717, 1.165) is 12.0 Å². The number of nitrogens with one attached hydrogen (secondary N) is 3. The van der Waals surface area contributed by atoms with Crippen LogP contribution in [0.3, 0.4) is 0 Å². The Morgan fingerprint density at radius 1 is 1.13 bits per heavy atom. The first-order valence-corrected chi connectivity index (χ1v) is 7.54. The molecule has 0 aliphatic heterocycles. The van der Waals surface area contributed by atoms with Gasteiger partial charge in [0.25, 0.3) is 0 Å². The summed E-state index contributed by atoms with van der Waals surface area (Å²) in [4.78, 5) is 34.7.